The third-order valence-corrected chi connectivity index (χ3v) is 5.35. The number of nitrogens with one attached hydrogen (secondary N) is 1. The van der Waals surface area contributed by atoms with E-state index in [1.165, 1.54) is 12.8 Å². The van der Waals surface area contributed by atoms with Crippen molar-refractivity contribution in [1.29, 1.82) is 0 Å². The minimum Gasteiger partial charge on any atom is -0.378 e. The van der Waals surface area contributed by atoms with Gasteiger partial charge in [0, 0.05) is 25.0 Å². The second-order valence-electron chi connectivity index (χ2n) is 7.04. The molecule has 130 valence electrons. The zero-order valence-electron chi connectivity index (χ0n) is 14.0. The molecule has 0 unspecified atom stereocenters. The molecule has 0 atom stereocenters. The van der Waals surface area contributed by atoms with E-state index < -0.39 is 0 Å². The molecule has 2 saturated heterocycles. The number of rotatable bonds is 4. The summed E-state index contributed by atoms with van der Waals surface area (Å²) >= 11 is 0. The van der Waals surface area contributed by atoms with Crippen LogP contribution in [0.1, 0.15) is 38.5 Å². The molecule has 0 bridgehead atoms. The lowest BCUT2D eigenvalue weighted by Gasteiger charge is -2.35. The van der Waals surface area contributed by atoms with Crippen molar-refractivity contribution in [2.24, 2.45) is 5.92 Å². The van der Waals surface area contributed by atoms with Crippen molar-refractivity contribution in [3.8, 4) is 0 Å². The van der Waals surface area contributed by atoms with Gasteiger partial charge >= 0.3 is 0 Å². The van der Waals surface area contributed by atoms with Crippen molar-refractivity contribution in [2.45, 2.75) is 44.6 Å². The van der Waals surface area contributed by atoms with Crippen molar-refractivity contribution in [2.75, 3.05) is 45.9 Å². The topological polar surface area (TPSA) is 61.9 Å². The van der Waals surface area contributed by atoms with Crippen LogP contribution in [0.15, 0.2) is 0 Å². The highest BCUT2D eigenvalue weighted by Gasteiger charge is 2.30. The Morgan fingerprint density at radius 1 is 0.957 bits per heavy atom. The van der Waals surface area contributed by atoms with Gasteiger partial charge in [0.2, 0.25) is 11.8 Å². The second kappa shape index (κ2) is 8.11. The van der Waals surface area contributed by atoms with Crippen LogP contribution in [0.4, 0.5) is 0 Å². The maximum absolute atomic E-state index is 12.5. The van der Waals surface area contributed by atoms with Crippen LogP contribution < -0.4 is 5.32 Å². The summed E-state index contributed by atoms with van der Waals surface area (Å²) < 4.78 is 5.31. The summed E-state index contributed by atoms with van der Waals surface area (Å²) in [5.74, 6) is 0.556. The lowest BCUT2D eigenvalue weighted by molar-refractivity contribution is -0.141. The Kier molecular flexibility index (Phi) is 5.89. The summed E-state index contributed by atoms with van der Waals surface area (Å²) in [6.07, 6.45) is 6.46. The third-order valence-electron chi connectivity index (χ3n) is 5.35. The van der Waals surface area contributed by atoms with Crippen molar-refractivity contribution in [3.05, 3.63) is 0 Å². The number of morpholine rings is 1. The molecular formula is C17H29N3O3. The maximum atomic E-state index is 12.5. The van der Waals surface area contributed by atoms with Gasteiger partial charge < -0.3 is 15.0 Å². The Morgan fingerprint density at radius 3 is 2.26 bits per heavy atom. The number of hydrogen-bond donors (Lipinski definition) is 1. The minimum absolute atomic E-state index is 0.127. The molecule has 2 aliphatic heterocycles. The SMILES string of the molecule is O=C(CN1CCC(C(=O)N2CCOCC2)CC1)NC1CCCC1. The standard InChI is InChI=1S/C17H29N3O3/c21-16(18-15-3-1-2-4-15)13-19-7-5-14(6-8-19)17(22)20-9-11-23-12-10-20/h14-15H,1-13H2,(H,18,21). The van der Waals surface area contributed by atoms with Gasteiger partial charge in [-0.3, -0.25) is 14.5 Å². The number of nitrogens with zero attached hydrogens (tertiary/aromatic N) is 2. The summed E-state index contributed by atoms with van der Waals surface area (Å²) in [5.41, 5.74) is 0. The number of ether oxygens (including phenoxy) is 1. The summed E-state index contributed by atoms with van der Waals surface area (Å²) in [5, 5.41) is 3.14. The lowest BCUT2D eigenvalue weighted by atomic mass is 9.95. The molecule has 6 nitrogen and oxygen atoms in total. The van der Waals surface area contributed by atoms with Gasteiger partial charge in [-0.05, 0) is 38.8 Å². The average molecular weight is 323 g/mol. The average Bonchev–Trinajstić information content (AvgIpc) is 3.08. The van der Waals surface area contributed by atoms with Gasteiger partial charge in [0.1, 0.15) is 0 Å². The second-order valence-corrected chi connectivity index (χ2v) is 7.04. The van der Waals surface area contributed by atoms with Gasteiger partial charge in [0.15, 0.2) is 0 Å². The van der Waals surface area contributed by atoms with E-state index >= 15 is 0 Å². The zero-order chi connectivity index (χ0) is 16.1. The quantitative estimate of drug-likeness (QED) is 0.824. The van der Waals surface area contributed by atoms with Crippen LogP contribution in [0.25, 0.3) is 0 Å². The molecule has 2 heterocycles. The molecule has 0 aromatic rings. The fourth-order valence-electron chi connectivity index (χ4n) is 3.93. The van der Waals surface area contributed by atoms with E-state index in [9.17, 15) is 9.59 Å². The Labute approximate surface area is 138 Å². The predicted octanol–water partition coefficient (Wildman–Crippen LogP) is 0.616. The first-order chi connectivity index (χ1) is 11.2. The maximum Gasteiger partial charge on any atom is 0.234 e. The summed E-state index contributed by atoms with van der Waals surface area (Å²) in [7, 11) is 0. The van der Waals surface area contributed by atoms with Crippen LogP contribution in [0, 0.1) is 5.92 Å². The fourth-order valence-corrected chi connectivity index (χ4v) is 3.93. The smallest absolute Gasteiger partial charge is 0.234 e. The van der Waals surface area contributed by atoms with Crippen molar-refractivity contribution in [1.82, 2.24) is 15.1 Å². The monoisotopic (exact) mass is 323 g/mol. The molecule has 1 saturated carbocycles. The molecule has 2 amide bonds. The van der Waals surface area contributed by atoms with Crippen LogP contribution in [-0.2, 0) is 14.3 Å². The molecule has 0 radical (unpaired) electrons. The molecule has 3 rings (SSSR count). The molecule has 0 aromatic heterocycles. The third kappa shape index (κ3) is 4.67. The number of likely N-dealkylation sites (tertiary alicyclic amines) is 1. The number of piperidine rings is 1. The van der Waals surface area contributed by atoms with E-state index in [4.69, 9.17) is 4.74 Å². The Hall–Kier alpha value is -1.14. The van der Waals surface area contributed by atoms with Crippen LogP contribution in [0.2, 0.25) is 0 Å². The molecular weight excluding hydrogens is 294 g/mol. The highest BCUT2D eigenvalue weighted by molar-refractivity contribution is 5.79. The normalized spacial score (nSPS) is 24.8. The minimum atomic E-state index is 0.127. The highest BCUT2D eigenvalue weighted by Crippen LogP contribution is 2.21. The van der Waals surface area contributed by atoms with Crippen molar-refractivity contribution in [3.63, 3.8) is 0 Å². The van der Waals surface area contributed by atoms with Crippen LogP contribution >= 0.6 is 0 Å². The van der Waals surface area contributed by atoms with E-state index in [2.05, 4.69) is 10.2 Å². The predicted molar refractivity (Wildman–Crippen MR) is 87.0 cm³/mol. The summed E-state index contributed by atoms with van der Waals surface area (Å²) in [4.78, 5) is 28.7. The van der Waals surface area contributed by atoms with E-state index in [0.29, 0.717) is 25.8 Å². The molecule has 23 heavy (non-hydrogen) atoms. The summed E-state index contributed by atoms with van der Waals surface area (Å²) in [6, 6.07) is 0.392. The number of carbonyl (C=O) groups is 2. The summed E-state index contributed by atoms with van der Waals surface area (Å²) in [6.45, 7) is 4.94. The van der Waals surface area contributed by atoms with Gasteiger partial charge in [-0.15, -0.1) is 0 Å². The van der Waals surface area contributed by atoms with E-state index in [-0.39, 0.29) is 17.7 Å². The van der Waals surface area contributed by atoms with E-state index in [1.54, 1.807) is 0 Å². The molecule has 6 heteroatoms. The molecule has 3 fully saturated rings. The molecule has 0 spiro atoms. The van der Waals surface area contributed by atoms with Gasteiger partial charge in [0.05, 0.1) is 19.8 Å². The molecule has 1 aliphatic carbocycles. The molecule has 0 aromatic carbocycles. The van der Waals surface area contributed by atoms with Crippen molar-refractivity contribution >= 4 is 11.8 Å². The molecule has 1 N–H and O–H groups in total. The Bertz CT molecular complexity index is 409. The lowest BCUT2D eigenvalue weighted by Crippen LogP contribution is -2.48. The Morgan fingerprint density at radius 2 is 1.61 bits per heavy atom. The van der Waals surface area contributed by atoms with Crippen molar-refractivity contribution < 1.29 is 14.3 Å². The number of amides is 2. The zero-order valence-corrected chi connectivity index (χ0v) is 14.0. The Balaban J connectivity index is 1.37. The van der Waals surface area contributed by atoms with Gasteiger partial charge in [-0.1, -0.05) is 12.8 Å². The molecule has 3 aliphatic rings. The van der Waals surface area contributed by atoms with E-state index in [0.717, 1.165) is 51.9 Å². The first-order valence-electron chi connectivity index (χ1n) is 9.10. The first-order valence-corrected chi connectivity index (χ1v) is 9.10. The van der Waals surface area contributed by atoms with E-state index in [1.807, 2.05) is 4.90 Å². The number of carbonyl (C=O) groups excluding carboxylic acids is 2. The number of hydrogen-bond acceptors (Lipinski definition) is 4. The van der Waals surface area contributed by atoms with Gasteiger partial charge in [-0.25, -0.2) is 0 Å². The fraction of sp³-hybridized carbons (Fsp3) is 0.882. The first kappa shape index (κ1) is 16.7. The largest absolute Gasteiger partial charge is 0.378 e. The van der Waals surface area contributed by atoms with Gasteiger partial charge in [0.25, 0.3) is 0 Å². The van der Waals surface area contributed by atoms with Crippen LogP contribution in [0.3, 0.4) is 0 Å². The van der Waals surface area contributed by atoms with Crippen LogP contribution in [0.5, 0.6) is 0 Å². The highest BCUT2D eigenvalue weighted by atomic mass is 16.5. The van der Waals surface area contributed by atoms with Crippen LogP contribution in [-0.4, -0.2) is 73.6 Å². The van der Waals surface area contributed by atoms with Gasteiger partial charge in [-0.2, -0.15) is 0 Å².